The highest BCUT2D eigenvalue weighted by Crippen LogP contribution is 2.39. The molecule has 0 aromatic heterocycles. The highest BCUT2D eigenvalue weighted by molar-refractivity contribution is 5.79. The van der Waals surface area contributed by atoms with Gasteiger partial charge in [0.1, 0.15) is 17.2 Å². The van der Waals surface area contributed by atoms with Crippen molar-refractivity contribution in [1.82, 2.24) is 0 Å². The maximum atomic E-state index is 11.1. The predicted molar refractivity (Wildman–Crippen MR) is 84.3 cm³/mol. The second kappa shape index (κ2) is 6.85. The molecule has 0 bridgehead atoms. The molecular formula is C17H19NO4. The summed E-state index contributed by atoms with van der Waals surface area (Å²) < 4.78 is 16.3. The third-order valence-corrected chi connectivity index (χ3v) is 3.26. The summed E-state index contributed by atoms with van der Waals surface area (Å²) in [5, 5.41) is 0. The number of carbonyl (C=O) groups is 1. The molecule has 0 saturated carbocycles. The van der Waals surface area contributed by atoms with Crippen LogP contribution >= 0.6 is 0 Å². The Morgan fingerprint density at radius 2 is 1.64 bits per heavy atom. The molecule has 0 aliphatic rings. The first-order chi connectivity index (χ1) is 10.6. The fraction of sp³-hybridized carbons (Fsp3) is 0.235. The summed E-state index contributed by atoms with van der Waals surface area (Å²) in [6.45, 7) is 1.61. The normalized spacial score (nSPS) is 11.6. The van der Waals surface area contributed by atoms with Crippen LogP contribution < -0.4 is 19.9 Å². The average molecular weight is 301 g/mol. The van der Waals surface area contributed by atoms with Gasteiger partial charge in [-0.1, -0.05) is 18.2 Å². The van der Waals surface area contributed by atoms with Gasteiger partial charge in [-0.3, -0.25) is 4.79 Å². The lowest BCUT2D eigenvalue weighted by Gasteiger charge is -2.15. The monoisotopic (exact) mass is 301 g/mol. The van der Waals surface area contributed by atoms with E-state index < -0.39 is 12.0 Å². The number of benzene rings is 2. The maximum Gasteiger partial charge on any atom is 0.258 e. The summed E-state index contributed by atoms with van der Waals surface area (Å²) >= 11 is 0. The van der Waals surface area contributed by atoms with Gasteiger partial charge in [-0.15, -0.1) is 0 Å². The molecule has 0 radical (unpaired) electrons. The van der Waals surface area contributed by atoms with Crippen LogP contribution in [0, 0.1) is 0 Å². The first kappa shape index (κ1) is 15.7. The predicted octanol–water partition coefficient (Wildman–Crippen LogP) is 2.62. The van der Waals surface area contributed by atoms with Gasteiger partial charge in [0.15, 0.2) is 6.10 Å². The van der Waals surface area contributed by atoms with Crippen molar-refractivity contribution in [3.8, 4) is 28.4 Å². The minimum Gasteiger partial charge on any atom is -0.496 e. The van der Waals surface area contributed by atoms with Gasteiger partial charge in [0.25, 0.3) is 5.91 Å². The zero-order valence-electron chi connectivity index (χ0n) is 12.8. The third kappa shape index (κ3) is 3.31. The topological polar surface area (TPSA) is 70.8 Å². The van der Waals surface area contributed by atoms with Crippen molar-refractivity contribution in [1.29, 1.82) is 0 Å². The molecule has 2 rings (SSSR count). The summed E-state index contributed by atoms with van der Waals surface area (Å²) in [4.78, 5) is 11.1. The van der Waals surface area contributed by atoms with Crippen molar-refractivity contribution in [2.75, 3.05) is 14.2 Å². The molecule has 2 N–H and O–H groups in total. The van der Waals surface area contributed by atoms with E-state index in [1.54, 1.807) is 27.2 Å². The Kier molecular flexibility index (Phi) is 4.88. The van der Waals surface area contributed by atoms with Crippen LogP contribution in [-0.4, -0.2) is 26.2 Å². The molecule has 0 unspecified atom stereocenters. The van der Waals surface area contributed by atoms with Gasteiger partial charge < -0.3 is 19.9 Å². The molecule has 5 heteroatoms. The van der Waals surface area contributed by atoms with E-state index in [4.69, 9.17) is 19.9 Å². The second-order valence-electron chi connectivity index (χ2n) is 4.73. The number of primary amides is 1. The Balaban J connectivity index is 2.44. The number of amides is 1. The van der Waals surface area contributed by atoms with E-state index in [0.29, 0.717) is 17.2 Å². The molecule has 116 valence electrons. The van der Waals surface area contributed by atoms with E-state index in [1.165, 1.54) is 0 Å². The van der Waals surface area contributed by atoms with Crippen LogP contribution in [0.1, 0.15) is 6.92 Å². The molecule has 0 heterocycles. The van der Waals surface area contributed by atoms with E-state index >= 15 is 0 Å². The fourth-order valence-corrected chi connectivity index (χ4v) is 2.12. The number of methoxy groups -OCH3 is 2. The molecule has 2 aromatic carbocycles. The molecule has 0 aliphatic heterocycles. The summed E-state index contributed by atoms with van der Waals surface area (Å²) in [6, 6.07) is 12.9. The number of ether oxygens (including phenoxy) is 3. The second-order valence-corrected chi connectivity index (χ2v) is 4.73. The summed E-state index contributed by atoms with van der Waals surface area (Å²) in [5.74, 6) is 1.43. The zero-order chi connectivity index (χ0) is 16.1. The lowest BCUT2D eigenvalue weighted by atomic mass is 10.0. The number of hydrogen-bond donors (Lipinski definition) is 1. The van der Waals surface area contributed by atoms with Crippen LogP contribution in [-0.2, 0) is 4.79 Å². The molecule has 2 aromatic rings. The molecule has 0 saturated heterocycles. The number of nitrogens with two attached hydrogens (primary N) is 1. The van der Waals surface area contributed by atoms with Crippen LogP contribution in [0.15, 0.2) is 42.5 Å². The average Bonchev–Trinajstić information content (AvgIpc) is 2.54. The van der Waals surface area contributed by atoms with Crippen molar-refractivity contribution < 1.29 is 19.0 Å². The van der Waals surface area contributed by atoms with Crippen LogP contribution in [0.25, 0.3) is 11.1 Å². The highest BCUT2D eigenvalue weighted by Gasteiger charge is 2.14. The lowest BCUT2D eigenvalue weighted by molar-refractivity contribution is -0.123. The molecular weight excluding hydrogens is 282 g/mol. The number of carbonyl (C=O) groups excluding carboxylic acids is 1. The quantitative estimate of drug-likeness (QED) is 0.890. The van der Waals surface area contributed by atoms with Crippen molar-refractivity contribution in [3.63, 3.8) is 0 Å². The number of rotatable bonds is 6. The van der Waals surface area contributed by atoms with E-state index in [-0.39, 0.29) is 0 Å². The SMILES string of the molecule is COc1cccc(OC)c1-c1cccc(O[C@@H](C)C(N)=O)c1. The first-order valence-electron chi connectivity index (χ1n) is 6.84. The highest BCUT2D eigenvalue weighted by atomic mass is 16.5. The molecule has 1 amide bonds. The Hall–Kier alpha value is -2.69. The molecule has 0 spiro atoms. The van der Waals surface area contributed by atoms with Crippen LogP contribution in [0.3, 0.4) is 0 Å². The molecule has 0 fully saturated rings. The lowest BCUT2D eigenvalue weighted by Crippen LogP contribution is -2.30. The van der Waals surface area contributed by atoms with E-state index in [2.05, 4.69) is 0 Å². The maximum absolute atomic E-state index is 11.1. The molecule has 5 nitrogen and oxygen atoms in total. The van der Waals surface area contributed by atoms with Crippen molar-refractivity contribution >= 4 is 5.91 Å². The summed E-state index contributed by atoms with van der Waals surface area (Å²) in [5.41, 5.74) is 6.91. The zero-order valence-corrected chi connectivity index (χ0v) is 12.8. The smallest absolute Gasteiger partial charge is 0.258 e. The standard InChI is InChI=1S/C17H19NO4/c1-11(17(18)19)22-13-7-4-6-12(10-13)16-14(20-2)8-5-9-15(16)21-3/h4-11H,1-3H3,(H2,18,19)/t11-/m0/s1. The molecule has 1 atom stereocenters. The van der Waals surface area contributed by atoms with E-state index in [9.17, 15) is 4.79 Å². The Labute approximate surface area is 129 Å². The van der Waals surface area contributed by atoms with Gasteiger partial charge in [0.05, 0.1) is 19.8 Å². The number of hydrogen-bond acceptors (Lipinski definition) is 4. The molecule has 22 heavy (non-hydrogen) atoms. The van der Waals surface area contributed by atoms with Gasteiger partial charge in [-0.05, 0) is 36.8 Å². The van der Waals surface area contributed by atoms with Crippen molar-refractivity contribution in [2.24, 2.45) is 5.73 Å². The van der Waals surface area contributed by atoms with Crippen LogP contribution in [0.2, 0.25) is 0 Å². The van der Waals surface area contributed by atoms with Crippen LogP contribution in [0.4, 0.5) is 0 Å². The van der Waals surface area contributed by atoms with Gasteiger partial charge in [-0.2, -0.15) is 0 Å². The van der Waals surface area contributed by atoms with E-state index in [0.717, 1.165) is 11.1 Å². The Morgan fingerprint density at radius 1 is 1.05 bits per heavy atom. The van der Waals surface area contributed by atoms with Gasteiger partial charge >= 0.3 is 0 Å². The Bertz CT molecular complexity index is 647. The minimum absolute atomic E-state index is 0.514. The van der Waals surface area contributed by atoms with Gasteiger partial charge in [0.2, 0.25) is 0 Å². The van der Waals surface area contributed by atoms with Crippen molar-refractivity contribution in [3.05, 3.63) is 42.5 Å². The largest absolute Gasteiger partial charge is 0.496 e. The minimum atomic E-state index is -0.699. The van der Waals surface area contributed by atoms with E-state index in [1.807, 2.05) is 36.4 Å². The third-order valence-electron chi connectivity index (χ3n) is 3.26. The molecule has 0 aliphatic carbocycles. The van der Waals surface area contributed by atoms with Crippen molar-refractivity contribution in [2.45, 2.75) is 13.0 Å². The Morgan fingerprint density at radius 3 is 2.18 bits per heavy atom. The van der Waals surface area contributed by atoms with Gasteiger partial charge in [0, 0.05) is 0 Å². The summed E-state index contributed by atoms with van der Waals surface area (Å²) in [6.07, 6.45) is -0.699. The summed E-state index contributed by atoms with van der Waals surface area (Å²) in [7, 11) is 3.21. The fourth-order valence-electron chi connectivity index (χ4n) is 2.12. The van der Waals surface area contributed by atoms with Crippen LogP contribution in [0.5, 0.6) is 17.2 Å². The first-order valence-corrected chi connectivity index (χ1v) is 6.84. The van der Waals surface area contributed by atoms with Gasteiger partial charge in [-0.25, -0.2) is 0 Å².